The molecular formula is C13H24ClN. The van der Waals surface area contributed by atoms with Crippen molar-refractivity contribution in [3.8, 4) is 0 Å². The lowest BCUT2D eigenvalue weighted by Gasteiger charge is -2.03. The van der Waals surface area contributed by atoms with Gasteiger partial charge in [-0.05, 0) is 25.0 Å². The fraction of sp³-hybridized carbons (Fsp3) is 0.692. The lowest BCUT2D eigenvalue weighted by molar-refractivity contribution is 0.600. The number of aromatic nitrogens is 1. The van der Waals surface area contributed by atoms with Crippen LogP contribution < -0.4 is 0 Å². The Kier molecular flexibility index (Phi) is 8.59. The summed E-state index contributed by atoms with van der Waals surface area (Å²) in [6, 6.07) is 4.36. The van der Waals surface area contributed by atoms with Gasteiger partial charge >= 0.3 is 0 Å². The average molecular weight is 230 g/mol. The van der Waals surface area contributed by atoms with Crippen molar-refractivity contribution in [1.29, 1.82) is 0 Å². The summed E-state index contributed by atoms with van der Waals surface area (Å²) in [6.07, 6.45) is 11.7. The molecule has 1 heterocycles. The molecule has 15 heavy (non-hydrogen) atoms. The third-order valence-electron chi connectivity index (χ3n) is 2.84. The van der Waals surface area contributed by atoms with Gasteiger partial charge in [-0.2, -0.15) is 0 Å². The van der Waals surface area contributed by atoms with E-state index in [1.807, 2.05) is 0 Å². The minimum Gasteiger partial charge on any atom is -0.354 e. The van der Waals surface area contributed by atoms with Crippen molar-refractivity contribution in [3.05, 3.63) is 24.0 Å². The molecule has 0 aliphatic carbocycles. The van der Waals surface area contributed by atoms with Crippen LogP contribution in [0.3, 0.4) is 0 Å². The molecule has 0 fully saturated rings. The summed E-state index contributed by atoms with van der Waals surface area (Å²) in [7, 11) is 2.13. The molecule has 0 aliphatic heterocycles. The van der Waals surface area contributed by atoms with Gasteiger partial charge in [-0.3, -0.25) is 0 Å². The molecule has 0 unspecified atom stereocenters. The number of hydrogen-bond donors (Lipinski definition) is 0. The lowest BCUT2D eigenvalue weighted by atomic mass is 10.1. The Balaban J connectivity index is 0.00000196. The van der Waals surface area contributed by atoms with E-state index in [2.05, 4.69) is 36.9 Å². The summed E-state index contributed by atoms with van der Waals surface area (Å²) >= 11 is 0. The molecule has 0 N–H and O–H groups in total. The van der Waals surface area contributed by atoms with E-state index >= 15 is 0 Å². The highest BCUT2D eigenvalue weighted by molar-refractivity contribution is 5.85. The van der Waals surface area contributed by atoms with Crippen LogP contribution in [0.1, 0.15) is 51.1 Å². The summed E-state index contributed by atoms with van der Waals surface area (Å²) in [6.45, 7) is 2.27. The minimum absolute atomic E-state index is 0. The van der Waals surface area contributed by atoms with E-state index in [1.165, 1.54) is 50.6 Å². The molecule has 0 amide bonds. The fourth-order valence-corrected chi connectivity index (χ4v) is 1.84. The Labute approximate surface area is 100 Å². The number of unbranched alkanes of at least 4 members (excludes halogenated alkanes) is 5. The number of hydrogen-bond acceptors (Lipinski definition) is 0. The van der Waals surface area contributed by atoms with E-state index < -0.39 is 0 Å². The molecule has 2 heteroatoms. The molecule has 0 spiro atoms. The molecule has 0 radical (unpaired) electrons. The highest BCUT2D eigenvalue weighted by Gasteiger charge is 1.96. The largest absolute Gasteiger partial charge is 0.354 e. The zero-order valence-electron chi connectivity index (χ0n) is 10.0. The van der Waals surface area contributed by atoms with Gasteiger partial charge in [-0.15, -0.1) is 12.4 Å². The van der Waals surface area contributed by atoms with Gasteiger partial charge in [0.05, 0.1) is 0 Å². The maximum absolute atomic E-state index is 2.27. The van der Waals surface area contributed by atoms with E-state index in [9.17, 15) is 0 Å². The van der Waals surface area contributed by atoms with Gasteiger partial charge in [0.1, 0.15) is 0 Å². The molecule has 0 saturated carbocycles. The standard InChI is InChI=1S/C13H23N.ClH/c1-3-4-5-6-7-8-10-13-11-9-12-14(13)2;/h9,11-12H,3-8,10H2,1-2H3;1H. The van der Waals surface area contributed by atoms with Crippen LogP contribution in [0.2, 0.25) is 0 Å². The molecule has 1 aromatic heterocycles. The van der Waals surface area contributed by atoms with Crippen molar-refractivity contribution in [2.75, 3.05) is 0 Å². The maximum Gasteiger partial charge on any atom is 0.0171 e. The lowest BCUT2D eigenvalue weighted by Crippen LogP contribution is -1.94. The Morgan fingerprint density at radius 2 is 1.73 bits per heavy atom. The second-order valence-electron chi connectivity index (χ2n) is 4.13. The Bertz CT molecular complexity index is 242. The summed E-state index contributed by atoms with van der Waals surface area (Å²) < 4.78 is 2.23. The van der Waals surface area contributed by atoms with Gasteiger partial charge in [0, 0.05) is 18.9 Å². The van der Waals surface area contributed by atoms with Gasteiger partial charge in [0.15, 0.2) is 0 Å². The predicted molar refractivity (Wildman–Crippen MR) is 69.7 cm³/mol. The van der Waals surface area contributed by atoms with Crippen LogP contribution in [0, 0.1) is 0 Å². The van der Waals surface area contributed by atoms with Crippen molar-refractivity contribution >= 4 is 12.4 Å². The third kappa shape index (κ3) is 5.88. The number of nitrogens with zero attached hydrogens (tertiary/aromatic N) is 1. The Morgan fingerprint density at radius 3 is 2.33 bits per heavy atom. The first kappa shape index (κ1) is 14.6. The van der Waals surface area contributed by atoms with Crippen LogP contribution in [0.5, 0.6) is 0 Å². The molecule has 1 nitrogen and oxygen atoms in total. The molecule has 0 bridgehead atoms. The van der Waals surface area contributed by atoms with Crippen LogP contribution >= 0.6 is 12.4 Å². The zero-order chi connectivity index (χ0) is 10.2. The Morgan fingerprint density at radius 1 is 1.07 bits per heavy atom. The maximum atomic E-state index is 2.27. The quantitative estimate of drug-likeness (QED) is 0.613. The highest BCUT2D eigenvalue weighted by atomic mass is 35.5. The summed E-state index contributed by atoms with van der Waals surface area (Å²) in [5.74, 6) is 0. The molecule has 0 aliphatic rings. The van der Waals surface area contributed by atoms with Crippen molar-refractivity contribution in [1.82, 2.24) is 4.57 Å². The van der Waals surface area contributed by atoms with Gasteiger partial charge in [0.25, 0.3) is 0 Å². The SMILES string of the molecule is CCCCCCCCc1cccn1C.Cl. The second kappa shape index (κ2) is 8.84. The van der Waals surface area contributed by atoms with E-state index in [4.69, 9.17) is 0 Å². The van der Waals surface area contributed by atoms with Crippen LogP contribution in [0.4, 0.5) is 0 Å². The monoisotopic (exact) mass is 229 g/mol. The van der Waals surface area contributed by atoms with Crippen LogP contribution in [-0.2, 0) is 13.5 Å². The van der Waals surface area contributed by atoms with Gasteiger partial charge in [0.2, 0.25) is 0 Å². The molecule has 0 aromatic carbocycles. The van der Waals surface area contributed by atoms with E-state index in [0.717, 1.165) is 0 Å². The van der Waals surface area contributed by atoms with Crippen molar-refractivity contribution < 1.29 is 0 Å². The van der Waals surface area contributed by atoms with E-state index in [0.29, 0.717) is 0 Å². The van der Waals surface area contributed by atoms with E-state index in [-0.39, 0.29) is 12.4 Å². The Hall–Kier alpha value is -0.430. The normalized spacial score (nSPS) is 10.0. The van der Waals surface area contributed by atoms with E-state index in [1.54, 1.807) is 0 Å². The minimum atomic E-state index is 0. The molecular weight excluding hydrogens is 206 g/mol. The summed E-state index contributed by atoms with van der Waals surface area (Å²) in [4.78, 5) is 0. The van der Waals surface area contributed by atoms with Gasteiger partial charge in [-0.1, -0.05) is 39.0 Å². The molecule has 1 rings (SSSR count). The predicted octanol–water partition coefficient (Wildman–Crippen LogP) is 4.35. The molecule has 1 aromatic rings. The topological polar surface area (TPSA) is 4.93 Å². The number of rotatable bonds is 7. The summed E-state index contributed by atoms with van der Waals surface area (Å²) in [5.41, 5.74) is 1.47. The van der Waals surface area contributed by atoms with Gasteiger partial charge < -0.3 is 4.57 Å². The fourth-order valence-electron chi connectivity index (χ4n) is 1.84. The molecule has 0 atom stereocenters. The second-order valence-corrected chi connectivity index (χ2v) is 4.13. The van der Waals surface area contributed by atoms with Crippen LogP contribution in [0.15, 0.2) is 18.3 Å². The number of halogens is 1. The van der Waals surface area contributed by atoms with Crippen molar-refractivity contribution in [2.45, 2.75) is 51.9 Å². The summed E-state index contributed by atoms with van der Waals surface area (Å²) in [5, 5.41) is 0. The third-order valence-corrected chi connectivity index (χ3v) is 2.84. The average Bonchev–Trinajstić information content (AvgIpc) is 2.58. The smallest absolute Gasteiger partial charge is 0.0171 e. The highest BCUT2D eigenvalue weighted by Crippen LogP contribution is 2.09. The first-order chi connectivity index (χ1) is 6.84. The van der Waals surface area contributed by atoms with Crippen LogP contribution in [-0.4, -0.2) is 4.57 Å². The van der Waals surface area contributed by atoms with Gasteiger partial charge in [-0.25, -0.2) is 0 Å². The molecule has 88 valence electrons. The van der Waals surface area contributed by atoms with Crippen LogP contribution in [0.25, 0.3) is 0 Å². The first-order valence-corrected chi connectivity index (χ1v) is 5.95. The molecule has 0 saturated heterocycles. The zero-order valence-corrected chi connectivity index (χ0v) is 10.9. The number of aryl methyl sites for hydroxylation is 2. The van der Waals surface area contributed by atoms with Crippen molar-refractivity contribution in [3.63, 3.8) is 0 Å². The van der Waals surface area contributed by atoms with Crippen molar-refractivity contribution in [2.24, 2.45) is 7.05 Å². The first-order valence-electron chi connectivity index (χ1n) is 5.95.